The van der Waals surface area contributed by atoms with Crippen molar-refractivity contribution in [1.82, 2.24) is 5.32 Å². The highest BCUT2D eigenvalue weighted by Gasteiger charge is 2.25. The Bertz CT molecular complexity index is 337. The van der Waals surface area contributed by atoms with Crippen molar-refractivity contribution in [2.24, 2.45) is 0 Å². The lowest BCUT2D eigenvalue weighted by Crippen LogP contribution is -2.16. The van der Waals surface area contributed by atoms with Crippen LogP contribution in [0.4, 0.5) is 18.9 Å². The molecule has 0 saturated heterocycles. The van der Waals surface area contributed by atoms with Crippen LogP contribution in [0, 0.1) is 0 Å². The van der Waals surface area contributed by atoms with E-state index in [1.54, 1.807) is 6.07 Å². The van der Waals surface area contributed by atoms with Gasteiger partial charge in [0, 0.05) is 18.7 Å². The number of unbranched alkanes of at least 4 members (excludes halogenated alkanes) is 1. The molecule has 0 heterocycles. The fourth-order valence-corrected chi connectivity index (χ4v) is 1.49. The fourth-order valence-electron chi connectivity index (χ4n) is 1.49. The molecule has 0 bridgehead atoms. The average molecular weight is 246 g/mol. The van der Waals surface area contributed by atoms with Gasteiger partial charge in [0.05, 0.1) is 0 Å². The van der Waals surface area contributed by atoms with Gasteiger partial charge in [0.15, 0.2) is 0 Å². The molecule has 0 aliphatic heterocycles. The molecule has 17 heavy (non-hydrogen) atoms. The molecular weight excluding hydrogens is 229 g/mol. The SMILES string of the molecule is Nc1ccccc1CNCCCCC(F)(F)F. The number of nitrogens with one attached hydrogen (secondary N) is 1. The summed E-state index contributed by atoms with van der Waals surface area (Å²) < 4.78 is 35.5. The Morgan fingerprint density at radius 3 is 2.47 bits per heavy atom. The van der Waals surface area contributed by atoms with Gasteiger partial charge in [-0.15, -0.1) is 0 Å². The highest BCUT2D eigenvalue weighted by atomic mass is 19.4. The number of nitrogens with two attached hydrogens (primary N) is 1. The van der Waals surface area contributed by atoms with E-state index in [1.807, 2.05) is 18.2 Å². The second kappa shape index (κ2) is 6.49. The van der Waals surface area contributed by atoms with Crippen molar-refractivity contribution in [1.29, 1.82) is 0 Å². The molecule has 0 fully saturated rings. The number of nitrogen functional groups attached to an aromatic ring is 1. The van der Waals surface area contributed by atoms with Gasteiger partial charge in [0.2, 0.25) is 0 Å². The molecule has 1 aromatic rings. The molecule has 0 aromatic heterocycles. The molecule has 0 amide bonds. The summed E-state index contributed by atoms with van der Waals surface area (Å²) in [6.07, 6.45) is -4.06. The first-order valence-electron chi connectivity index (χ1n) is 5.60. The third-order valence-corrected chi connectivity index (χ3v) is 2.43. The van der Waals surface area contributed by atoms with Crippen LogP contribution < -0.4 is 11.1 Å². The van der Waals surface area contributed by atoms with Crippen LogP contribution in [0.2, 0.25) is 0 Å². The van der Waals surface area contributed by atoms with Crippen LogP contribution in [-0.2, 0) is 6.54 Å². The summed E-state index contributed by atoms with van der Waals surface area (Å²) in [4.78, 5) is 0. The van der Waals surface area contributed by atoms with E-state index in [9.17, 15) is 13.2 Å². The minimum atomic E-state index is -4.04. The molecule has 0 unspecified atom stereocenters. The maximum atomic E-state index is 11.8. The Balaban J connectivity index is 2.11. The average Bonchev–Trinajstić information content (AvgIpc) is 2.24. The molecule has 1 rings (SSSR count). The number of alkyl halides is 3. The molecule has 5 heteroatoms. The van der Waals surface area contributed by atoms with E-state index < -0.39 is 12.6 Å². The Hall–Kier alpha value is -1.23. The summed E-state index contributed by atoms with van der Waals surface area (Å²) in [5.74, 6) is 0. The van der Waals surface area contributed by atoms with Crippen molar-refractivity contribution < 1.29 is 13.2 Å². The van der Waals surface area contributed by atoms with Crippen molar-refractivity contribution in [3.05, 3.63) is 29.8 Å². The minimum Gasteiger partial charge on any atom is -0.398 e. The van der Waals surface area contributed by atoms with E-state index in [4.69, 9.17) is 5.73 Å². The van der Waals surface area contributed by atoms with Gasteiger partial charge in [-0.2, -0.15) is 13.2 Å². The Kier molecular flexibility index (Phi) is 5.28. The molecule has 0 spiro atoms. The van der Waals surface area contributed by atoms with E-state index in [0.29, 0.717) is 25.2 Å². The van der Waals surface area contributed by atoms with E-state index in [2.05, 4.69) is 5.32 Å². The molecule has 96 valence electrons. The van der Waals surface area contributed by atoms with Gasteiger partial charge >= 0.3 is 6.18 Å². The zero-order valence-electron chi connectivity index (χ0n) is 9.56. The van der Waals surface area contributed by atoms with Gasteiger partial charge in [-0.3, -0.25) is 0 Å². The monoisotopic (exact) mass is 246 g/mol. The lowest BCUT2D eigenvalue weighted by Gasteiger charge is -2.08. The van der Waals surface area contributed by atoms with Crippen LogP contribution in [0.25, 0.3) is 0 Å². The summed E-state index contributed by atoms with van der Waals surface area (Å²) in [5, 5.41) is 3.08. The van der Waals surface area contributed by atoms with Crippen LogP contribution in [0.5, 0.6) is 0 Å². The molecular formula is C12H17F3N2. The van der Waals surface area contributed by atoms with Crippen molar-refractivity contribution in [2.45, 2.75) is 32.0 Å². The van der Waals surface area contributed by atoms with E-state index in [1.165, 1.54) is 0 Å². The fraction of sp³-hybridized carbons (Fsp3) is 0.500. The van der Waals surface area contributed by atoms with E-state index in [-0.39, 0.29) is 6.42 Å². The van der Waals surface area contributed by atoms with Gasteiger partial charge in [-0.1, -0.05) is 18.2 Å². The number of anilines is 1. The standard InChI is InChI=1S/C12H17F3N2/c13-12(14,15)7-3-4-8-17-9-10-5-1-2-6-11(10)16/h1-2,5-6,17H,3-4,7-9,16H2. The summed E-state index contributed by atoms with van der Waals surface area (Å²) in [6.45, 7) is 1.17. The number of para-hydroxylation sites is 1. The largest absolute Gasteiger partial charge is 0.398 e. The van der Waals surface area contributed by atoms with Gasteiger partial charge in [0.1, 0.15) is 0 Å². The van der Waals surface area contributed by atoms with Crippen LogP contribution in [-0.4, -0.2) is 12.7 Å². The van der Waals surface area contributed by atoms with Crippen LogP contribution >= 0.6 is 0 Å². The molecule has 2 nitrogen and oxygen atoms in total. The summed E-state index contributed by atoms with van der Waals surface area (Å²) >= 11 is 0. The molecule has 3 N–H and O–H groups in total. The zero-order valence-corrected chi connectivity index (χ0v) is 9.56. The number of benzene rings is 1. The summed E-state index contributed by atoms with van der Waals surface area (Å²) in [7, 11) is 0. The minimum absolute atomic E-state index is 0.167. The predicted octanol–water partition coefficient (Wildman–Crippen LogP) is 3.09. The normalized spacial score (nSPS) is 11.7. The first-order valence-corrected chi connectivity index (χ1v) is 5.60. The molecule has 0 aliphatic rings. The van der Waals surface area contributed by atoms with Crippen LogP contribution in [0.1, 0.15) is 24.8 Å². The molecule has 1 aromatic carbocycles. The summed E-state index contributed by atoms with van der Waals surface area (Å²) in [5.41, 5.74) is 7.41. The number of rotatable bonds is 6. The Labute approximate surface area is 99.0 Å². The number of halogens is 3. The maximum Gasteiger partial charge on any atom is 0.389 e. The summed E-state index contributed by atoms with van der Waals surface area (Å²) in [6, 6.07) is 7.44. The zero-order chi connectivity index (χ0) is 12.7. The number of hydrogen-bond acceptors (Lipinski definition) is 2. The lowest BCUT2D eigenvalue weighted by atomic mass is 10.2. The first-order chi connectivity index (χ1) is 7.99. The third-order valence-electron chi connectivity index (χ3n) is 2.43. The van der Waals surface area contributed by atoms with Crippen LogP contribution in [0.15, 0.2) is 24.3 Å². The van der Waals surface area contributed by atoms with Crippen molar-refractivity contribution in [3.8, 4) is 0 Å². The Morgan fingerprint density at radius 1 is 1.12 bits per heavy atom. The van der Waals surface area contributed by atoms with Crippen LogP contribution in [0.3, 0.4) is 0 Å². The molecule has 0 aliphatic carbocycles. The highest BCUT2D eigenvalue weighted by molar-refractivity contribution is 5.46. The predicted molar refractivity (Wildman–Crippen MR) is 62.5 cm³/mol. The third kappa shape index (κ3) is 6.16. The second-order valence-corrected chi connectivity index (χ2v) is 3.95. The van der Waals surface area contributed by atoms with Gasteiger partial charge in [-0.25, -0.2) is 0 Å². The number of hydrogen-bond donors (Lipinski definition) is 2. The highest BCUT2D eigenvalue weighted by Crippen LogP contribution is 2.21. The second-order valence-electron chi connectivity index (χ2n) is 3.95. The van der Waals surface area contributed by atoms with Crippen molar-refractivity contribution >= 4 is 5.69 Å². The van der Waals surface area contributed by atoms with E-state index >= 15 is 0 Å². The molecule has 0 atom stereocenters. The van der Waals surface area contributed by atoms with Crippen molar-refractivity contribution in [3.63, 3.8) is 0 Å². The maximum absolute atomic E-state index is 11.8. The smallest absolute Gasteiger partial charge is 0.389 e. The molecule has 0 radical (unpaired) electrons. The van der Waals surface area contributed by atoms with Crippen molar-refractivity contribution in [2.75, 3.05) is 12.3 Å². The Morgan fingerprint density at radius 2 is 1.82 bits per heavy atom. The van der Waals surface area contributed by atoms with E-state index in [0.717, 1.165) is 5.56 Å². The topological polar surface area (TPSA) is 38.0 Å². The van der Waals surface area contributed by atoms with Gasteiger partial charge < -0.3 is 11.1 Å². The first kappa shape index (κ1) is 13.8. The van der Waals surface area contributed by atoms with Gasteiger partial charge in [0.25, 0.3) is 0 Å². The van der Waals surface area contributed by atoms with Gasteiger partial charge in [-0.05, 0) is 31.0 Å². The quantitative estimate of drug-likeness (QED) is 0.598. The molecule has 0 saturated carbocycles. The lowest BCUT2D eigenvalue weighted by molar-refractivity contribution is -0.135.